The van der Waals surface area contributed by atoms with Crippen molar-refractivity contribution in [3.8, 4) is 5.75 Å². The highest BCUT2D eigenvalue weighted by Crippen LogP contribution is 2.23. The van der Waals surface area contributed by atoms with Gasteiger partial charge in [0.25, 0.3) is 0 Å². The van der Waals surface area contributed by atoms with E-state index in [-0.39, 0.29) is 12.4 Å². The number of aryl methyl sites for hydroxylation is 3. The number of Topliss-reactive ketones (excluding diaryl/α,β-unsaturated/α-hetero) is 1. The summed E-state index contributed by atoms with van der Waals surface area (Å²) in [7, 11) is 0. The van der Waals surface area contributed by atoms with E-state index in [0.717, 1.165) is 29.7 Å². The minimum Gasteiger partial charge on any atom is -0.485 e. The zero-order valence-electron chi connectivity index (χ0n) is 11.7. The van der Waals surface area contributed by atoms with Crippen LogP contribution in [0.25, 0.3) is 0 Å². The monoisotopic (exact) mass is 266 g/mol. The van der Waals surface area contributed by atoms with E-state index in [1.54, 1.807) is 0 Å². The summed E-state index contributed by atoms with van der Waals surface area (Å²) in [6.45, 7) is 2.08. The Morgan fingerprint density at radius 2 is 1.90 bits per heavy atom. The molecule has 0 N–H and O–H groups in total. The molecule has 0 spiro atoms. The number of carbonyl (C=O) groups excluding carboxylic acids is 1. The minimum absolute atomic E-state index is 0.0444. The molecule has 0 heterocycles. The Hall–Kier alpha value is -2.09. The average Bonchev–Trinajstić information content (AvgIpc) is 2.93. The molecule has 20 heavy (non-hydrogen) atoms. The van der Waals surface area contributed by atoms with Gasteiger partial charge in [-0.05, 0) is 55.0 Å². The summed E-state index contributed by atoms with van der Waals surface area (Å²) in [6.07, 6.45) is 3.44. The second-order valence-electron chi connectivity index (χ2n) is 5.31. The van der Waals surface area contributed by atoms with E-state index in [2.05, 4.69) is 6.07 Å². The van der Waals surface area contributed by atoms with E-state index in [9.17, 15) is 4.79 Å². The van der Waals surface area contributed by atoms with Gasteiger partial charge in [-0.3, -0.25) is 4.79 Å². The zero-order valence-corrected chi connectivity index (χ0v) is 11.7. The maximum atomic E-state index is 12.2. The lowest BCUT2D eigenvalue weighted by Crippen LogP contribution is -2.12. The van der Waals surface area contributed by atoms with Crippen LogP contribution in [0.15, 0.2) is 42.5 Å². The van der Waals surface area contributed by atoms with E-state index >= 15 is 0 Å². The van der Waals surface area contributed by atoms with Crippen LogP contribution in [0, 0.1) is 6.92 Å². The summed E-state index contributed by atoms with van der Waals surface area (Å²) in [5.41, 5.74) is 4.53. The largest absolute Gasteiger partial charge is 0.485 e. The third-order valence-corrected chi connectivity index (χ3v) is 3.87. The summed E-state index contributed by atoms with van der Waals surface area (Å²) >= 11 is 0. The first kappa shape index (κ1) is 12.9. The molecule has 0 aromatic heterocycles. The van der Waals surface area contributed by atoms with E-state index < -0.39 is 0 Å². The normalized spacial score (nSPS) is 13.1. The number of ether oxygens (including phenoxy) is 1. The summed E-state index contributed by atoms with van der Waals surface area (Å²) in [6, 6.07) is 13.8. The molecule has 2 aromatic rings. The molecule has 0 saturated carbocycles. The van der Waals surface area contributed by atoms with Crippen LogP contribution in [0.2, 0.25) is 0 Å². The van der Waals surface area contributed by atoms with Crippen LogP contribution < -0.4 is 4.74 Å². The van der Waals surface area contributed by atoms with Crippen molar-refractivity contribution in [1.82, 2.24) is 0 Å². The van der Waals surface area contributed by atoms with Crippen LogP contribution in [0.5, 0.6) is 5.75 Å². The lowest BCUT2D eigenvalue weighted by Gasteiger charge is -2.09. The van der Waals surface area contributed by atoms with Crippen LogP contribution >= 0.6 is 0 Å². The van der Waals surface area contributed by atoms with Gasteiger partial charge in [-0.25, -0.2) is 0 Å². The standard InChI is InChI=1S/C18H18O2/c1-13-5-2-3-8-18(13)20-12-17(19)16-10-9-14-6-4-7-15(14)11-16/h2-3,5,8-11H,4,6-7,12H2,1H3. The van der Waals surface area contributed by atoms with Crippen LogP contribution in [0.1, 0.15) is 33.5 Å². The Labute approximate surface area is 119 Å². The molecular formula is C18H18O2. The molecule has 0 unspecified atom stereocenters. The van der Waals surface area contributed by atoms with E-state index in [0.29, 0.717) is 0 Å². The number of hydrogen-bond donors (Lipinski definition) is 0. The van der Waals surface area contributed by atoms with Crippen LogP contribution in [-0.4, -0.2) is 12.4 Å². The van der Waals surface area contributed by atoms with Crippen LogP contribution in [0.3, 0.4) is 0 Å². The second kappa shape index (κ2) is 5.49. The van der Waals surface area contributed by atoms with Crippen molar-refractivity contribution in [2.24, 2.45) is 0 Å². The maximum Gasteiger partial charge on any atom is 0.200 e. The molecule has 0 bridgehead atoms. The molecule has 0 radical (unpaired) electrons. The van der Waals surface area contributed by atoms with Crippen molar-refractivity contribution in [1.29, 1.82) is 0 Å². The summed E-state index contributed by atoms with van der Waals surface area (Å²) in [4.78, 5) is 12.2. The van der Waals surface area contributed by atoms with Crippen LogP contribution in [-0.2, 0) is 12.8 Å². The molecule has 0 amide bonds. The Morgan fingerprint density at radius 1 is 1.10 bits per heavy atom. The molecule has 1 aliphatic carbocycles. The zero-order chi connectivity index (χ0) is 13.9. The van der Waals surface area contributed by atoms with Gasteiger partial charge in [0.05, 0.1) is 0 Å². The molecule has 3 rings (SSSR count). The molecule has 0 saturated heterocycles. The summed E-state index contributed by atoms with van der Waals surface area (Å²) in [5, 5.41) is 0. The molecule has 2 nitrogen and oxygen atoms in total. The quantitative estimate of drug-likeness (QED) is 0.788. The molecule has 2 heteroatoms. The Kier molecular flexibility index (Phi) is 3.55. The number of ketones is 1. The topological polar surface area (TPSA) is 26.3 Å². The van der Waals surface area contributed by atoms with Gasteiger partial charge >= 0.3 is 0 Å². The average molecular weight is 266 g/mol. The number of fused-ring (bicyclic) bond motifs is 1. The van der Waals surface area contributed by atoms with Crippen LogP contribution in [0.4, 0.5) is 0 Å². The predicted molar refractivity (Wildman–Crippen MR) is 79.5 cm³/mol. The minimum atomic E-state index is 0.0444. The molecule has 0 aliphatic heterocycles. The van der Waals surface area contributed by atoms with Crippen molar-refractivity contribution < 1.29 is 9.53 Å². The fraction of sp³-hybridized carbons (Fsp3) is 0.278. The number of para-hydroxylation sites is 1. The lowest BCUT2D eigenvalue weighted by molar-refractivity contribution is 0.0921. The first-order valence-corrected chi connectivity index (χ1v) is 7.07. The third-order valence-electron chi connectivity index (χ3n) is 3.87. The Bertz CT molecular complexity index is 644. The van der Waals surface area contributed by atoms with Crippen molar-refractivity contribution in [3.63, 3.8) is 0 Å². The van der Waals surface area contributed by atoms with Crippen molar-refractivity contribution in [3.05, 3.63) is 64.7 Å². The Balaban J connectivity index is 1.69. The first-order chi connectivity index (χ1) is 9.74. The maximum absolute atomic E-state index is 12.2. The highest BCUT2D eigenvalue weighted by atomic mass is 16.5. The lowest BCUT2D eigenvalue weighted by atomic mass is 10.0. The van der Waals surface area contributed by atoms with E-state index in [1.807, 2.05) is 43.3 Å². The number of benzene rings is 2. The Morgan fingerprint density at radius 3 is 2.75 bits per heavy atom. The molecular weight excluding hydrogens is 248 g/mol. The SMILES string of the molecule is Cc1ccccc1OCC(=O)c1ccc2c(c1)CCC2. The third kappa shape index (κ3) is 2.60. The smallest absolute Gasteiger partial charge is 0.200 e. The van der Waals surface area contributed by atoms with Gasteiger partial charge in [0.2, 0.25) is 0 Å². The molecule has 1 aliphatic rings. The van der Waals surface area contributed by atoms with Gasteiger partial charge in [-0.2, -0.15) is 0 Å². The first-order valence-electron chi connectivity index (χ1n) is 7.07. The van der Waals surface area contributed by atoms with E-state index in [1.165, 1.54) is 17.5 Å². The van der Waals surface area contributed by atoms with Gasteiger partial charge in [0.1, 0.15) is 5.75 Å². The molecule has 0 atom stereocenters. The highest BCUT2D eigenvalue weighted by molar-refractivity contribution is 5.97. The van der Waals surface area contributed by atoms with Gasteiger partial charge in [-0.1, -0.05) is 30.3 Å². The number of rotatable bonds is 4. The molecule has 0 fully saturated rings. The highest BCUT2D eigenvalue weighted by Gasteiger charge is 2.14. The summed E-state index contributed by atoms with van der Waals surface area (Å²) in [5.74, 6) is 0.824. The van der Waals surface area contributed by atoms with Gasteiger partial charge in [0.15, 0.2) is 12.4 Å². The number of hydrogen-bond acceptors (Lipinski definition) is 2. The van der Waals surface area contributed by atoms with E-state index in [4.69, 9.17) is 4.74 Å². The summed E-state index contributed by atoms with van der Waals surface area (Å²) < 4.78 is 5.62. The van der Waals surface area contributed by atoms with Crippen molar-refractivity contribution in [2.45, 2.75) is 26.2 Å². The van der Waals surface area contributed by atoms with Gasteiger partial charge in [-0.15, -0.1) is 0 Å². The second-order valence-corrected chi connectivity index (χ2v) is 5.31. The fourth-order valence-corrected chi connectivity index (χ4v) is 2.69. The fourth-order valence-electron chi connectivity index (χ4n) is 2.69. The van der Waals surface area contributed by atoms with Gasteiger partial charge in [0, 0.05) is 5.56 Å². The predicted octanol–water partition coefficient (Wildman–Crippen LogP) is 3.75. The molecule has 2 aromatic carbocycles. The molecule has 102 valence electrons. The van der Waals surface area contributed by atoms with Crippen molar-refractivity contribution >= 4 is 5.78 Å². The van der Waals surface area contributed by atoms with Gasteiger partial charge < -0.3 is 4.74 Å². The number of carbonyl (C=O) groups is 1. The van der Waals surface area contributed by atoms with Crippen molar-refractivity contribution in [2.75, 3.05) is 6.61 Å².